The lowest BCUT2D eigenvalue weighted by Crippen LogP contribution is -2.74. The van der Waals surface area contributed by atoms with Gasteiger partial charge in [0.05, 0.1) is 0 Å². The molecule has 10 aromatic carbocycles. The number of benzene rings is 10. The highest BCUT2D eigenvalue weighted by atomic mass is 28.3. The highest BCUT2D eigenvalue weighted by Crippen LogP contribution is 2.43. The van der Waals surface area contributed by atoms with Crippen molar-refractivity contribution in [3.63, 3.8) is 0 Å². The van der Waals surface area contributed by atoms with Gasteiger partial charge in [-0.2, -0.15) is 0 Å². The maximum Gasteiger partial charge on any atom is 0.179 e. The molecular weight excluding hydrogens is 827 g/mol. The van der Waals surface area contributed by atoms with E-state index in [0.29, 0.717) is 17.5 Å². The molecule has 0 saturated heterocycles. The van der Waals surface area contributed by atoms with Crippen LogP contribution in [0.25, 0.3) is 78.7 Å². The quantitative estimate of drug-likeness (QED) is 0.0960. The van der Waals surface area contributed by atoms with Gasteiger partial charge in [-0.15, -0.1) is 0 Å². The molecule has 0 amide bonds. The van der Waals surface area contributed by atoms with Crippen molar-refractivity contribution in [2.24, 2.45) is 0 Å². The molecule has 0 spiro atoms. The summed E-state index contributed by atoms with van der Waals surface area (Å²) in [4.78, 5) is 16.0. The van der Waals surface area contributed by atoms with E-state index in [1.807, 2.05) is 24.3 Å². The summed E-state index contributed by atoms with van der Waals surface area (Å²) >= 11 is 0. The molecule has 3 nitrogen and oxygen atoms in total. The summed E-state index contributed by atoms with van der Waals surface area (Å²) in [5.74, 6) is 1.83. The third kappa shape index (κ3) is 8.12. The fourth-order valence-corrected chi connectivity index (χ4v) is 14.3. The van der Waals surface area contributed by atoms with Crippen LogP contribution in [0.5, 0.6) is 0 Å². The van der Waals surface area contributed by atoms with Crippen molar-refractivity contribution in [1.29, 1.82) is 0 Å². The minimum absolute atomic E-state index is 0.603. The average Bonchev–Trinajstić information content (AvgIpc) is 3.42. The van der Waals surface area contributed by atoms with Crippen molar-refractivity contribution in [3.8, 4) is 78.7 Å². The largest absolute Gasteiger partial charge is 0.208 e. The van der Waals surface area contributed by atoms with Crippen LogP contribution >= 0.6 is 0 Å². The van der Waals surface area contributed by atoms with Crippen LogP contribution < -0.4 is 20.7 Å². The van der Waals surface area contributed by atoms with Crippen molar-refractivity contribution in [2.75, 3.05) is 0 Å². The molecule has 11 aromatic rings. The van der Waals surface area contributed by atoms with Gasteiger partial charge in [-0.3, -0.25) is 0 Å². The molecule has 11 rings (SSSR count). The maximum atomic E-state index is 5.42. The summed E-state index contributed by atoms with van der Waals surface area (Å²) in [5.41, 5.74) is 11.6. The fraction of sp³-hybridized carbons (Fsp3) is 0. The van der Waals surface area contributed by atoms with Gasteiger partial charge in [-0.05, 0) is 71.8 Å². The Labute approximate surface area is 393 Å². The van der Waals surface area contributed by atoms with E-state index in [0.717, 1.165) is 61.2 Å². The molecule has 0 fully saturated rings. The van der Waals surface area contributed by atoms with Crippen LogP contribution in [-0.2, 0) is 0 Å². The minimum Gasteiger partial charge on any atom is -0.208 e. The molecule has 4 heteroatoms. The normalized spacial score (nSPS) is 11.3. The lowest BCUT2D eigenvalue weighted by molar-refractivity contribution is 1.07. The summed E-state index contributed by atoms with van der Waals surface area (Å²) in [6.45, 7) is 0. The molecule has 0 bridgehead atoms. The van der Waals surface area contributed by atoms with Crippen LogP contribution in [0.3, 0.4) is 0 Å². The summed E-state index contributed by atoms with van der Waals surface area (Å²) in [6, 6.07) is 97.9. The standard InChI is InChI=1S/C63H45N3Si/c1-8-23-46(24-9-1)48-39-41-51(42-40-48)62-64-61(50-29-14-4-15-30-50)65-63(66-62)59-45-53(47-25-10-2-11-26-47)44-58(60(59)49-27-12-3-13-28-49)52-31-22-38-57(43-52)67(54-32-16-5-17-33-54,55-34-18-6-19-35-55)56-36-20-7-21-37-56/h1-45H. The second kappa shape index (κ2) is 18.5. The van der Waals surface area contributed by atoms with Crippen LogP contribution in [0, 0.1) is 0 Å². The fourth-order valence-electron chi connectivity index (χ4n) is 9.53. The van der Waals surface area contributed by atoms with E-state index in [4.69, 9.17) is 15.0 Å². The second-order valence-electron chi connectivity index (χ2n) is 16.7. The maximum absolute atomic E-state index is 5.42. The molecule has 0 N–H and O–H groups in total. The number of nitrogens with zero attached hydrogens (tertiary/aromatic N) is 3. The van der Waals surface area contributed by atoms with Crippen molar-refractivity contribution in [1.82, 2.24) is 15.0 Å². The second-order valence-corrected chi connectivity index (χ2v) is 20.5. The summed E-state index contributed by atoms with van der Waals surface area (Å²) in [6.07, 6.45) is 0. The third-order valence-corrected chi connectivity index (χ3v) is 17.5. The molecule has 0 aliphatic carbocycles. The predicted octanol–water partition coefficient (Wildman–Crippen LogP) is 12.9. The molecule has 1 heterocycles. The Kier molecular flexibility index (Phi) is 11.4. The zero-order chi connectivity index (χ0) is 44.8. The van der Waals surface area contributed by atoms with Crippen LogP contribution in [-0.4, -0.2) is 23.0 Å². The van der Waals surface area contributed by atoms with Crippen molar-refractivity contribution in [3.05, 3.63) is 273 Å². The Morgan fingerprint density at radius 2 is 0.537 bits per heavy atom. The first-order valence-corrected chi connectivity index (χ1v) is 24.8. The Morgan fingerprint density at radius 3 is 1.03 bits per heavy atom. The van der Waals surface area contributed by atoms with Crippen molar-refractivity contribution >= 4 is 28.8 Å². The highest BCUT2D eigenvalue weighted by Gasteiger charge is 2.41. The van der Waals surface area contributed by atoms with Gasteiger partial charge in [0.15, 0.2) is 25.5 Å². The van der Waals surface area contributed by atoms with E-state index in [-0.39, 0.29) is 0 Å². The molecule has 0 unspecified atom stereocenters. The molecule has 0 radical (unpaired) electrons. The topological polar surface area (TPSA) is 38.7 Å². The van der Waals surface area contributed by atoms with E-state index in [1.165, 1.54) is 20.7 Å². The van der Waals surface area contributed by atoms with E-state index >= 15 is 0 Å². The number of rotatable bonds is 11. The zero-order valence-electron chi connectivity index (χ0n) is 36.8. The molecule has 0 aliphatic rings. The molecule has 316 valence electrons. The Balaban J connectivity index is 1.19. The van der Waals surface area contributed by atoms with Gasteiger partial charge in [0.2, 0.25) is 0 Å². The zero-order valence-corrected chi connectivity index (χ0v) is 37.8. The molecule has 0 atom stereocenters. The smallest absolute Gasteiger partial charge is 0.179 e. The van der Waals surface area contributed by atoms with Crippen LogP contribution in [0.1, 0.15) is 0 Å². The lowest BCUT2D eigenvalue weighted by atomic mass is 9.86. The van der Waals surface area contributed by atoms with E-state index in [9.17, 15) is 0 Å². The van der Waals surface area contributed by atoms with Crippen LogP contribution in [0.4, 0.5) is 0 Å². The Hall–Kier alpha value is -8.57. The molecular formula is C63H45N3Si. The van der Waals surface area contributed by atoms with Gasteiger partial charge in [0, 0.05) is 22.3 Å². The van der Waals surface area contributed by atoms with Gasteiger partial charge in [0.25, 0.3) is 0 Å². The Bertz CT molecular complexity index is 3310. The first-order chi connectivity index (χ1) is 33.2. The third-order valence-electron chi connectivity index (χ3n) is 12.7. The van der Waals surface area contributed by atoms with Gasteiger partial charge in [-0.1, -0.05) is 261 Å². The lowest BCUT2D eigenvalue weighted by Gasteiger charge is -2.34. The number of aromatic nitrogens is 3. The molecule has 0 aliphatic heterocycles. The molecule has 67 heavy (non-hydrogen) atoms. The predicted molar refractivity (Wildman–Crippen MR) is 281 cm³/mol. The molecule has 0 saturated carbocycles. The van der Waals surface area contributed by atoms with Crippen LogP contribution in [0.2, 0.25) is 0 Å². The van der Waals surface area contributed by atoms with E-state index in [1.54, 1.807) is 0 Å². The summed E-state index contributed by atoms with van der Waals surface area (Å²) in [7, 11) is -2.86. The summed E-state index contributed by atoms with van der Waals surface area (Å²) in [5, 5.41) is 5.28. The van der Waals surface area contributed by atoms with Crippen LogP contribution in [0.15, 0.2) is 273 Å². The minimum atomic E-state index is -2.86. The highest BCUT2D eigenvalue weighted by molar-refractivity contribution is 7.19. The average molecular weight is 872 g/mol. The first-order valence-electron chi connectivity index (χ1n) is 22.8. The first kappa shape index (κ1) is 41.2. The number of hydrogen-bond acceptors (Lipinski definition) is 3. The molecule has 1 aromatic heterocycles. The van der Waals surface area contributed by atoms with Gasteiger partial charge in [-0.25, -0.2) is 15.0 Å². The monoisotopic (exact) mass is 871 g/mol. The van der Waals surface area contributed by atoms with Gasteiger partial charge < -0.3 is 0 Å². The van der Waals surface area contributed by atoms with Crippen molar-refractivity contribution in [2.45, 2.75) is 0 Å². The van der Waals surface area contributed by atoms with Gasteiger partial charge >= 0.3 is 0 Å². The SMILES string of the molecule is c1ccc(-c2ccc(-c3nc(-c4ccccc4)nc(-c4cc(-c5ccccc5)cc(-c5cccc([Si](c6ccccc6)(c6ccccc6)c6ccccc6)c5)c4-c4ccccc4)n3)cc2)cc1. The van der Waals surface area contributed by atoms with E-state index in [2.05, 4.69) is 249 Å². The van der Waals surface area contributed by atoms with E-state index < -0.39 is 8.07 Å². The Morgan fingerprint density at radius 1 is 0.209 bits per heavy atom. The summed E-state index contributed by atoms with van der Waals surface area (Å²) < 4.78 is 0. The van der Waals surface area contributed by atoms with Gasteiger partial charge in [0.1, 0.15) is 0 Å². The number of hydrogen-bond donors (Lipinski definition) is 0. The van der Waals surface area contributed by atoms with Crippen molar-refractivity contribution < 1.29 is 0 Å².